The van der Waals surface area contributed by atoms with Gasteiger partial charge in [0.2, 0.25) is 10.0 Å². The quantitative estimate of drug-likeness (QED) is 0.604. The average molecular weight is 415 g/mol. The fraction of sp³-hybridized carbons (Fsp3) is 0.500. The summed E-state index contributed by atoms with van der Waals surface area (Å²) in [5.74, 6) is 0. The van der Waals surface area contributed by atoms with E-state index < -0.39 is 14.9 Å². The molecule has 0 saturated carbocycles. The number of hydrogen-bond donors (Lipinski definition) is 1. The molecule has 1 aromatic rings. The summed E-state index contributed by atoms with van der Waals surface area (Å²) in [7, 11) is -3.73. The van der Waals surface area contributed by atoms with Crippen LogP contribution in [0, 0.1) is 17.0 Å². The van der Waals surface area contributed by atoms with Gasteiger partial charge in [0.25, 0.3) is 5.69 Å². The van der Waals surface area contributed by atoms with Crippen LogP contribution in [0.3, 0.4) is 0 Å². The Labute approximate surface area is 143 Å². The maximum atomic E-state index is 12.6. The lowest BCUT2D eigenvalue weighted by Crippen LogP contribution is -2.51. The van der Waals surface area contributed by atoms with Gasteiger partial charge in [0, 0.05) is 41.8 Å². The molecule has 0 aliphatic carbocycles. The van der Waals surface area contributed by atoms with Crippen molar-refractivity contribution in [1.82, 2.24) is 9.62 Å². The number of nitrogens with zero attached hydrogens (tertiary/aromatic N) is 2. The molecule has 0 amide bonds. The van der Waals surface area contributed by atoms with Crippen LogP contribution in [0.5, 0.6) is 0 Å². The van der Waals surface area contributed by atoms with E-state index >= 15 is 0 Å². The van der Waals surface area contributed by atoms with Gasteiger partial charge < -0.3 is 5.32 Å². The number of hydrogen-bond acceptors (Lipinski definition) is 5. The molecule has 0 spiro atoms. The Bertz CT molecular complexity index is 683. The molecule has 0 bridgehead atoms. The van der Waals surface area contributed by atoms with Gasteiger partial charge in [0.05, 0.1) is 9.82 Å². The third-order valence-corrected chi connectivity index (χ3v) is 6.12. The van der Waals surface area contributed by atoms with Gasteiger partial charge in [-0.2, -0.15) is 4.31 Å². The molecule has 1 saturated heterocycles. The van der Waals surface area contributed by atoms with Crippen LogP contribution in [0.25, 0.3) is 0 Å². The van der Waals surface area contributed by atoms with E-state index in [2.05, 4.69) is 21.2 Å². The first kappa shape index (κ1) is 19.3. The molecule has 0 aromatic heterocycles. The molecule has 7 nitrogen and oxygen atoms in total. The van der Waals surface area contributed by atoms with Gasteiger partial charge in [-0.05, 0) is 19.9 Å². The van der Waals surface area contributed by atoms with Crippen LogP contribution < -0.4 is 5.32 Å². The second kappa shape index (κ2) is 7.22. The Morgan fingerprint density at radius 3 is 2.64 bits per heavy atom. The lowest BCUT2D eigenvalue weighted by atomic mass is 10.2. The molecule has 1 aliphatic rings. The molecular weight excluding hydrogens is 398 g/mol. The third-order valence-electron chi connectivity index (χ3n) is 3.46. The summed E-state index contributed by atoms with van der Waals surface area (Å²) in [6.07, 6.45) is 0. The molecule has 1 aliphatic heterocycles. The first-order chi connectivity index (χ1) is 9.73. The Morgan fingerprint density at radius 2 is 2.09 bits per heavy atom. The summed E-state index contributed by atoms with van der Waals surface area (Å²) in [6.45, 7) is 4.74. The third kappa shape index (κ3) is 3.77. The van der Waals surface area contributed by atoms with Crippen molar-refractivity contribution < 1.29 is 13.3 Å². The molecule has 1 unspecified atom stereocenters. The van der Waals surface area contributed by atoms with E-state index in [9.17, 15) is 18.5 Å². The van der Waals surface area contributed by atoms with Crippen molar-refractivity contribution in [3.63, 3.8) is 0 Å². The van der Waals surface area contributed by atoms with Crippen LogP contribution in [0.1, 0.15) is 12.5 Å². The van der Waals surface area contributed by atoms with Crippen molar-refractivity contribution in [3.05, 3.63) is 32.3 Å². The molecule has 10 heteroatoms. The number of halogens is 2. The van der Waals surface area contributed by atoms with Crippen molar-refractivity contribution in [1.29, 1.82) is 0 Å². The standard InChI is InChI=1S/C12H16BrN3O4S.ClH/c1-8-7-15(4-3-14-8)21(19,20)10-5-11(13)9(2)12(6-10)16(17)18;/h5-6,8,14H,3-4,7H2,1-2H3;1H. The minimum Gasteiger partial charge on any atom is -0.312 e. The zero-order chi connectivity index (χ0) is 15.8. The molecule has 124 valence electrons. The minimum atomic E-state index is -3.73. The summed E-state index contributed by atoms with van der Waals surface area (Å²) in [6, 6.07) is 2.60. The lowest BCUT2D eigenvalue weighted by Gasteiger charge is -2.31. The summed E-state index contributed by atoms with van der Waals surface area (Å²) < 4.78 is 27.0. The Kier molecular flexibility index (Phi) is 6.34. The second-order valence-electron chi connectivity index (χ2n) is 5.02. The van der Waals surface area contributed by atoms with E-state index in [1.807, 2.05) is 6.92 Å². The van der Waals surface area contributed by atoms with Crippen molar-refractivity contribution in [2.24, 2.45) is 0 Å². The minimum absolute atomic E-state index is 0. The van der Waals surface area contributed by atoms with Crippen LogP contribution >= 0.6 is 28.3 Å². The number of piperazine rings is 1. The topological polar surface area (TPSA) is 92.6 Å². The van der Waals surface area contributed by atoms with E-state index in [1.54, 1.807) is 6.92 Å². The van der Waals surface area contributed by atoms with E-state index in [-0.39, 0.29) is 29.0 Å². The zero-order valence-corrected chi connectivity index (χ0v) is 15.3. The van der Waals surface area contributed by atoms with E-state index in [4.69, 9.17) is 0 Å². The van der Waals surface area contributed by atoms with E-state index in [1.165, 1.54) is 10.4 Å². The van der Waals surface area contributed by atoms with Gasteiger partial charge in [0.1, 0.15) is 0 Å². The van der Waals surface area contributed by atoms with Crippen molar-refractivity contribution in [2.45, 2.75) is 24.8 Å². The van der Waals surface area contributed by atoms with Crippen molar-refractivity contribution in [3.8, 4) is 0 Å². The molecule has 1 aromatic carbocycles. The number of sulfonamides is 1. The van der Waals surface area contributed by atoms with Gasteiger partial charge in [-0.15, -0.1) is 12.4 Å². The Balaban J connectivity index is 0.00000242. The predicted molar refractivity (Wildman–Crippen MR) is 89.0 cm³/mol. The van der Waals surface area contributed by atoms with Gasteiger partial charge in [-0.3, -0.25) is 10.1 Å². The summed E-state index contributed by atoms with van der Waals surface area (Å²) in [5.41, 5.74) is 0.207. The highest BCUT2D eigenvalue weighted by atomic mass is 79.9. The highest BCUT2D eigenvalue weighted by Crippen LogP contribution is 2.31. The lowest BCUT2D eigenvalue weighted by molar-refractivity contribution is -0.385. The average Bonchev–Trinajstić information content (AvgIpc) is 2.41. The fourth-order valence-electron chi connectivity index (χ4n) is 2.24. The SMILES string of the molecule is Cc1c(Br)cc(S(=O)(=O)N2CCNC(C)C2)cc1[N+](=O)[O-].Cl. The molecular formula is C12H17BrClN3O4S. The largest absolute Gasteiger partial charge is 0.312 e. The highest BCUT2D eigenvalue weighted by Gasteiger charge is 2.30. The fourth-order valence-corrected chi connectivity index (χ4v) is 4.42. The summed E-state index contributed by atoms with van der Waals surface area (Å²) in [5, 5.41) is 14.2. The van der Waals surface area contributed by atoms with Gasteiger partial charge in [-0.25, -0.2) is 8.42 Å². The molecule has 0 radical (unpaired) electrons. The van der Waals surface area contributed by atoms with Crippen LogP contribution in [-0.2, 0) is 10.0 Å². The number of benzene rings is 1. The summed E-state index contributed by atoms with van der Waals surface area (Å²) in [4.78, 5) is 10.4. The zero-order valence-electron chi connectivity index (χ0n) is 12.1. The smallest absolute Gasteiger partial charge is 0.274 e. The molecule has 1 N–H and O–H groups in total. The molecule has 1 fully saturated rings. The Morgan fingerprint density at radius 1 is 1.45 bits per heavy atom. The maximum absolute atomic E-state index is 12.6. The second-order valence-corrected chi connectivity index (χ2v) is 7.82. The van der Waals surface area contributed by atoms with Gasteiger partial charge in [-0.1, -0.05) is 15.9 Å². The van der Waals surface area contributed by atoms with Crippen LogP contribution in [-0.4, -0.2) is 43.3 Å². The van der Waals surface area contributed by atoms with Crippen LogP contribution in [0.15, 0.2) is 21.5 Å². The molecule has 2 rings (SSSR count). The monoisotopic (exact) mass is 413 g/mol. The number of rotatable bonds is 3. The van der Waals surface area contributed by atoms with Gasteiger partial charge >= 0.3 is 0 Å². The first-order valence-electron chi connectivity index (χ1n) is 6.41. The van der Waals surface area contributed by atoms with Crippen molar-refractivity contribution >= 4 is 44.0 Å². The molecule has 22 heavy (non-hydrogen) atoms. The first-order valence-corrected chi connectivity index (χ1v) is 8.65. The highest BCUT2D eigenvalue weighted by molar-refractivity contribution is 9.10. The number of nitrogens with one attached hydrogen (secondary N) is 1. The molecule has 1 heterocycles. The number of nitro benzene ring substituents is 1. The van der Waals surface area contributed by atoms with E-state index in [0.717, 1.165) is 6.07 Å². The summed E-state index contributed by atoms with van der Waals surface area (Å²) >= 11 is 3.19. The van der Waals surface area contributed by atoms with Gasteiger partial charge in [0.15, 0.2) is 0 Å². The number of nitro groups is 1. The van der Waals surface area contributed by atoms with Crippen LogP contribution in [0.4, 0.5) is 5.69 Å². The molecule has 1 atom stereocenters. The Hall–Kier alpha value is -0.740. The maximum Gasteiger partial charge on any atom is 0.274 e. The van der Waals surface area contributed by atoms with E-state index in [0.29, 0.717) is 29.7 Å². The normalized spacial score (nSPS) is 19.5. The van der Waals surface area contributed by atoms with Crippen molar-refractivity contribution in [2.75, 3.05) is 19.6 Å². The van der Waals surface area contributed by atoms with Crippen LogP contribution in [0.2, 0.25) is 0 Å². The predicted octanol–water partition coefficient (Wildman–Crippen LogP) is 2.07.